The van der Waals surface area contributed by atoms with E-state index in [9.17, 15) is 0 Å². The van der Waals surface area contributed by atoms with E-state index in [1.165, 1.54) is 16.9 Å². The van der Waals surface area contributed by atoms with Gasteiger partial charge in [-0.2, -0.15) is 0 Å². The summed E-state index contributed by atoms with van der Waals surface area (Å²) in [5.41, 5.74) is 4.43. The zero-order valence-electron chi connectivity index (χ0n) is 48.1. The van der Waals surface area contributed by atoms with Crippen LogP contribution in [-0.4, -0.2) is 15.0 Å². The number of thiophene rings is 1. The predicted molar refractivity (Wildman–Crippen MR) is 296 cm³/mol. The first-order valence-electron chi connectivity index (χ1n) is 24.4. The summed E-state index contributed by atoms with van der Waals surface area (Å²) in [6, 6.07) is 7.94. The van der Waals surface area contributed by atoms with Crippen LogP contribution in [0.15, 0.2) is 114 Å². The van der Waals surface area contributed by atoms with Crippen molar-refractivity contribution in [1.29, 1.82) is 0 Å². The van der Waals surface area contributed by atoms with E-state index in [1.54, 1.807) is 23.9 Å². The zero-order chi connectivity index (χ0) is 53.5. The van der Waals surface area contributed by atoms with Crippen LogP contribution >= 0.6 is 11.3 Å². The fourth-order valence-electron chi connectivity index (χ4n) is 3.66. The normalized spacial score (nSPS) is 9.65. The number of aromatic nitrogens is 3. The molecule has 1 aliphatic carbocycles. The maximum atomic E-state index is 5.10. The largest absolute Gasteiger partial charge is 0.470 e. The van der Waals surface area contributed by atoms with Crippen molar-refractivity contribution in [2.75, 3.05) is 0 Å². The van der Waals surface area contributed by atoms with E-state index < -0.39 is 0 Å². The van der Waals surface area contributed by atoms with Crippen LogP contribution in [0.25, 0.3) is 0 Å². The Balaban J connectivity index is -0.0000000944. The Hall–Kier alpha value is -4.89. The molecule has 5 aromatic rings. The fraction of sp³-hybridized carbons (Fsp3) is 0.526. The highest BCUT2D eigenvalue weighted by Crippen LogP contribution is 2.08. The maximum absolute atomic E-state index is 5.10. The van der Waals surface area contributed by atoms with Crippen molar-refractivity contribution in [2.45, 2.75) is 207 Å². The number of aryl methyl sites for hydroxylation is 11. The van der Waals surface area contributed by atoms with Gasteiger partial charge in [0.1, 0.15) is 28.8 Å². The highest BCUT2D eigenvalue weighted by molar-refractivity contribution is 7.09. The lowest BCUT2D eigenvalue weighted by Gasteiger charge is -1.92. The third kappa shape index (κ3) is 53.4. The molecule has 382 valence electrons. The molecule has 0 unspecified atom stereocenters. The van der Waals surface area contributed by atoms with E-state index in [2.05, 4.69) is 64.5 Å². The Labute approximate surface area is 412 Å². The summed E-state index contributed by atoms with van der Waals surface area (Å²) in [4.78, 5) is 13.5. The Morgan fingerprint density at radius 2 is 0.864 bits per heavy atom. The highest BCUT2D eigenvalue weighted by atomic mass is 32.1. The molecule has 5 aromatic heterocycles. The van der Waals surface area contributed by atoms with Crippen LogP contribution in [0.3, 0.4) is 0 Å². The first-order valence-corrected chi connectivity index (χ1v) is 25.3. The number of oxazole rings is 3. The summed E-state index contributed by atoms with van der Waals surface area (Å²) in [6.45, 7) is 57.2. The number of nitrogens with zero attached hydrogens (tertiary/aromatic N) is 3. The van der Waals surface area contributed by atoms with Crippen LogP contribution < -0.4 is 0 Å². The first kappa shape index (κ1) is 78.3. The summed E-state index contributed by atoms with van der Waals surface area (Å²) in [7, 11) is 0. The van der Waals surface area contributed by atoms with E-state index in [4.69, 9.17) is 22.4 Å². The van der Waals surface area contributed by atoms with Gasteiger partial charge < -0.3 is 22.4 Å². The molecule has 66 heavy (non-hydrogen) atoms. The molecule has 7 rings (SSSR count). The van der Waals surface area contributed by atoms with Gasteiger partial charge in [-0.3, -0.25) is 0 Å². The Bertz CT molecular complexity index is 1580. The summed E-state index contributed by atoms with van der Waals surface area (Å²) < 4.78 is 25.2. The van der Waals surface area contributed by atoms with Crippen molar-refractivity contribution in [3.63, 3.8) is 0 Å². The van der Waals surface area contributed by atoms with E-state index in [0.717, 1.165) is 63.6 Å². The minimum absolute atomic E-state index is 0.750. The molecular formula is C57H103N3O5S. The topological polar surface area (TPSA) is 100 Å². The number of allylic oxidation sites excluding steroid dienone is 9. The Morgan fingerprint density at radius 1 is 0.455 bits per heavy atom. The molecule has 6 heterocycles. The van der Waals surface area contributed by atoms with Crippen molar-refractivity contribution < 1.29 is 22.4 Å². The molecule has 0 N–H and O–H groups in total. The Morgan fingerprint density at radius 3 is 1.03 bits per heavy atom. The van der Waals surface area contributed by atoms with Crippen LogP contribution in [-0.2, 0) is 4.74 Å². The number of hydrogen-bond donors (Lipinski definition) is 0. The molecule has 0 bridgehead atoms. The van der Waals surface area contributed by atoms with Gasteiger partial charge in [-0.1, -0.05) is 153 Å². The summed E-state index contributed by atoms with van der Waals surface area (Å²) in [5, 5.41) is 2.08. The van der Waals surface area contributed by atoms with E-state index >= 15 is 0 Å². The number of rotatable bonds is 0. The lowest BCUT2D eigenvalue weighted by Crippen LogP contribution is -1.72. The van der Waals surface area contributed by atoms with E-state index in [0.29, 0.717) is 0 Å². The summed E-state index contributed by atoms with van der Waals surface area (Å²) >= 11 is 1.78. The predicted octanol–water partition coefficient (Wildman–Crippen LogP) is 20.5. The number of hydrogen-bond acceptors (Lipinski definition) is 9. The number of furan rings is 1. The van der Waals surface area contributed by atoms with Crippen LogP contribution in [0, 0.1) is 76.2 Å². The van der Waals surface area contributed by atoms with Gasteiger partial charge in [0.25, 0.3) is 0 Å². The molecule has 1 aliphatic heterocycles. The molecule has 0 fully saturated rings. The van der Waals surface area contributed by atoms with Crippen molar-refractivity contribution in [3.8, 4) is 0 Å². The molecule has 0 aromatic carbocycles. The maximum Gasteiger partial charge on any atom is 0.191 e. The van der Waals surface area contributed by atoms with Gasteiger partial charge >= 0.3 is 0 Å². The van der Waals surface area contributed by atoms with E-state index in [1.807, 2.05) is 223 Å². The zero-order valence-corrected chi connectivity index (χ0v) is 48.9. The standard InChI is InChI=1S/C7H8O.3C6H9NO.C6H8.C5H6O.C5H6S.8C2H6/c1-7-5-3-2-4-6-8-7;3*1-4-5(2)8-6(3)7-4;1-6-4-2-3-5-6;2*1-5-3-2-4-6-5;8*1-2/h2-6H,1H3;3*1-3H3;2-4H,5H2,1H3;2*2-4H,1H3;8*1-2H3. The summed E-state index contributed by atoms with van der Waals surface area (Å²) in [5.74, 6) is 6.90. The van der Waals surface area contributed by atoms with Gasteiger partial charge in [-0.05, 0) is 111 Å². The van der Waals surface area contributed by atoms with Crippen LogP contribution in [0.1, 0.15) is 194 Å². The van der Waals surface area contributed by atoms with Gasteiger partial charge in [0.05, 0.1) is 29.6 Å². The molecule has 0 saturated heterocycles. The lowest BCUT2D eigenvalue weighted by molar-refractivity contribution is 0.354. The SMILES string of the molecule is CC.CC.CC.CC.CC.CC.CC.CC.CC1=CC=CC1.CC1=CC=CC=CO1.Cc1ccco1.Cc1cccs1.Cc1nc(C)c(C)o1.Cc1nc(C)c(C)o1.Cc1nc(C)c(C)o1. The molecule has 8 nitrogen and oxygen atoms in total. The van der Waals surface area contributed by atoms with Gasteiger partial charge in [-0.15, -0.1) is 11.3 Å². The first-order chi connectivity index (χ1) is 31.7. The van der Waals surface area contributed by atoms with Crippen molar-refractivity contribution >= 4 is 11.3 Å². The number of ether oxygens (including phenoxy) is 1. The van der Waals surface area contributed by atoms with Gasteiger partial charge in [0, 0.05) is 25.6 Å². The molecule has 0 amide bonds. The molecule has 0 spiro atoms. The quantitative estimate of drug-likeness (QED) is 0.151. The van der Waals surface area contributed by atoms with Crippen LogP contribution in [0.2, 0.25) is 0 Å². The average molecular weight is 943 g/mol. The average Bonchev–Trinajstić information content (AvgIpc) is 4.23. The molecule has 0 atom stereocenters. The Kier molecular flexibility index (Phi) is 73.8. The summed E-state index contributed by atoms with van der Waals surface area (Å²) in [6.07, 6.45) is 18.5. The minimum atomic E-state index is 0.750. The second-order valence-electron chi connectivity index (χ2n) is 11.3. The second kappa shape index (κ2) is 62.2. The van der Waals surface area contributed by atoms with Crippen molar-refractivity contribution in [1.82, 2.24) is 15.0 Å². The van der Waals surface area contributed by atoms with E-state index in [-0.39, 0.29) is 0 Å². The molecular weight excluding hydrogens is 839 g/mol. The molecule has 9 heteroatoms. The minimum Gasteiger partial charge on any atom is -0.470 e. The van der Waals surface area contributed by atoms with Gasteiger partial charge in [0.2, 0.25) is 0 Å². The van der Waals surface area contributed by atoms with Gasteiger partial charge in [-0.25, -0.2) is 15.0 Å². The molecule has 0 saturated carbocycles. The monoisotopic (exact) mass is 942 g/mol. The smallest absolute Gasteiger partial charge is 0.191 e. The molecule has 2 aliphatic rings. The van der Waals surface area contributed by atoms with Crippen molar-refractivity contribution in [2.24, 2.45) is 0 Å². The van der Waals surface area contributed by atoms with Crippen LogP contribution in [0.4, 0.5) is 0 Å². The third-order valence-electron chi connectivity index (χ3n) is 6.58. The fourth-order valence-corrected chi connectivity index (χ4v) is 4.19. The van der Waals surface area contributed by atoms with Gasteiger partial charge in [0.15, 0.2) is 17.7 Å². The van der Waals surface area contributed by atoms with Crippen LogP contribution in [0.5, 0.6) is 0 Å². The molecule has 0 radical (unpaired) electrons. The third-order valence-corrected chi connectivity index (χ3v) is 7.38. The highest BCUT2D eigenvalue weighted by Gasteiger charge is 1.99. The second-order valence-corrected chi connectivity index (χ2v) is 12.5. The lowest BCUT2D eigenvalue weighted by atomic mass is 10.3. The van der Waals surface area contributed by atoms with Crippen molar-refractivity contribution in [3.05, 3.63) is 159 Å².